The number of likely N-dealkylation sites (tertiary alicyclic amines) is 2. The zero-order valence-corrected chi connectivity index (χ0v) is 27.5. The Kier molecular flexibility index (Phi) is 11.1. The molecular formula is C35H44F3N3O7. The summed E-state index contributed by atoms with van der Waals surface area (Å²) in [5, 5.41) is 12.2. The van der Waals surface area contributed by atoms with E-state index < -0.39 is 35.9 Å². The van der Waals surface area contributed by atoms with Crippen molar-refractivity contribution < 1.29 is 46.9 Å². The van der Waals surface area contributed by atoms with Gasteiger partial charge in [0.05, 0.1) is 18.8 Å². The number of carbonyl (C=O) groups excluding carboxylic acids is 3. The van der Waals surface area contributed by atoms with Gasteiger partial charge in [-0.25, -0.2) is 0 Å². The van der Waals surface area contributed by atoms with Gasteiger partial charge in [0.25, 0.3) is 0 Å². The lowest BCUT2D eigenvalue weighted by atomic mass is 9.99. The van der Waals surface area contributed by atoms with Crippen LogP contribution in [0.5, 0.6) is 0 Å². The summed E-state index contributed by atoms with van der Waals surface area (Å²) >= 11 is 0. The van der Waals surface area contributed by atoms with Crippen molar-refractivity contribution in [3.63, 3.8) is 0 Å². The van der Waals surface area contributed by atoms with Crippen molar-refractivity contribution in [1.29, 1.82) is 0 Å². The molecule has 2 aromatic carbocycles. The molecule has 0 aliphatic carbocycles. The monoisotopic (exact) mass is 675 g/mol. The fourth-order valence-corrected chi connectivity index (χ4v) is 6.52. The van der Waals surface area contributed by atoms with Crippen molar-refractivity contribution in [1.82, 2.24) is 15.1 Å². The predicted octanol–water partition coefficient (Wildman–Crippen LogP) is 4.70. The highest BCUT2D eigenvalue weighted by molar-refractivity contribution is 5.90. The molecule has 3 aliphatic heterocycles. The number of hydrogen-bond donors (Lipinski definition) is 2. The van der Waals surface area contributed by atoms with Gasteiger partial charge in [0, 0.05) is 31.6 Å². The first kappa shape index (κ1) is 35.8. The molecule has 2 aromatic rings. The van der Waals surface area contributed by atoms with E-state index in [9.17, 15) is 32.7 Å². The van der Waals surface area contributed by atoms with E-state index >= 15 is 0 Å². The van der Waals surface area contributed by atoms with E-state index in [0.29, 0.717) is 36.3 Å². The standard InChI is InChI=1S/C35H44F3N3O7/c1-34(2,3)48-31(44)28-7-4-16-40(28)20-26-18-29(24-12-10-23(21-42)11-13-24)47-32(46-26)25-14-8-22(9-15-25)19-39-30(43)27-6-5-17-41(27)33(45)35(36,37)38/h8-15,26-29,32,42H,4-7,16-21H2,1-3H3,(H,39,43). The molecule has 13 heteroatoms. The molecular weight excluding hydrogens is 631 g/mol. The number of nitrogens with zero attached hydrogens (tertiary/aromatic N) is 2. The first-order chi connectivity index (χ1) is 22.7. The lowest BCUT2D eigenvalue weighted by Crippen LogP contribution is -2.50. The van der Waals surface area contributed by atoms with Crippen molar-refractivity contribution in [2.75, 3.05) is 19.6 Å². The summed E-state index contributed by atoms with van der Waals surface area (Å²) in [6.07, 6.45) is -3.74. The normalized spacial score (nSPS) is 25.2. The number of amides is 2. The summed E-state index contributed by atoms with van der Waals surface area (Å²) in [6.45, 7) is 6.70. The third kappa shape index (κ3) is 8.93. The van der Waals surface area contributed by atoms with E-state index in [1.54, 1.807) is 12.1 Å². The summed E-state index contributed by atoms with van der Waals surface area (Å²) in [5.74, 6) is -2.87. The van der Waals surface area contributed by atoms with E-state index in [4.69, 9.17) is 14.2 Å². The number of hydrogen-bond acceptors (Lipinski definition) is 8. The second-order valence-electron chi connectivity index (χ2n) is 13.7. The van der Waals surface area contributed by atoms with Crippen molar-refractivity contribution in [3.05, 3.63) is 70.8 Å². The van der Waals surface area contributed by atoms with Gasteiger partial charge in [0.1, 0.15) is 17.7 Å². The Hall–Kier alpha value is -3.52. The maximum absolute atomic E-state index is 13.0. The van der Waals surface area contributed by atoms with Crippen molar-refractivity contribution in [2.24, 2.45) is 0 Å². The number of esters is 1. The van der Waals surface area contributed by atoms with Gasteiger partial charge in [0.15, 0.2) is 6.29 Å². The van der Waals surface area contributed by atoms with Crippen LogP contribution in [0.25, 0.3) is 0 Å². The molecule has 10 nitrogen and oxygen atoms in total. The highest BCUT2D eigenvalue weighted by Gasteiger charge is 2.47. The fourth-order valence-electron chi connectivity index (χ4n) is 6.52. The van der Waals surface area contributed by atoms with E-state index in [1.807, 2.05) is 57.2 Å². The van der Waals surface area contributed by atoms with Crippen molar-refractivity contribution in [2.45, 2.75) is 108 Å². The molecule has 5 unspecified atom stereocenters. The molecule has 0 aromatic heterocycles. The number of aliphatic hydroxyl groups is 1. The number of carbonyl (C=O) groups is 3. The van der Waals surface area contributed by atoms with Crippen LogP contribution in [0.4, 0.5) is 13.2 Å². The molecule has 5 atom stereocenters. The average Bonchev–Trinajstić information content (AvgIpc) is 3.72. The number of benzene rings is 2. The minimum Gasteiger partial charge on any atom is -0.459 e. The van der Waals surface area contributed by atoms with E-state index in [2.05, 4.69) is 10.2 Å². The van der Waals surface area contributed by atoms with Gasteiger partial charge in [-0.2, -0.15) is 13.2 Å². The molecule has 0 spiro atoms. The van der Waals surface area contributed by atoms with Crippen LogP contribution in [-0.4, -0.2) is 82.3 Å². The Morgan fingerprint density at radius 3 is 2.17 bits per heavy atom. The SMILES string of the molecule is CC(C)(C)OC(=O)C1CCCN1CC1CC(c2ccc(CO)cc2)OC(c2ccc(CNC(=O)C3CCCN3C(=O)C(F)(F)F)cc2)O1. The predicted molar refractivity (Wildman–Crippen MR) is 168 cm³/mol. The molecule has 3 aliphatic rings. The van der Waals surface area contributed by atoms with Gasteiger partial charge < -0.3 is 29.5 Å². The van der Waals surface area contributed by atoms with E-state index in [0.717, 1.165) is 29.7 Å². The molecule has 2 N–H and O–H groups in total. The van der Waals surface area contributed by atoms with Crippen LogP contribution in [0, 0.1) is 0 Å². The van der Waals surface area contributed by atoms with Gasteiger partial charge in [0.2, 0.25) is 5.91 Å². The number of alkyl halides is 3. The molecule has 0 saturated carbocycles. The van der Waals surface area contributed by atoms with Gasteiger partial charge >= 0.3 is 18.1 Å². The number of aliphatic hydroxyl groups excluding tert-OH is 1. The van der Waals surface area contributed by atoms with Crippen LogP contribution < -0.4 is 5.32 Å². The maximum Gasteiger partial charge on any atom is 0.471 e. The summed E-state index contributed by atoms with van der Waals surface area (Å²) in [4.78, 5) is 40.2. The number of nitrogens with one attached hydrogen (secondary N) is 1. The molecule has 0 bridgehead atoms. The van der Waals surface area contributed by atoms with Crippen molar-refractivity contribution in [3.8, 4) is 0 Å². The minimum absolute atomic E-state index is 0.0690. The maximum atomic E-state index is 13.0. The minimum atomic E-state index is -5.03. The Morgan fingerprint density at radius 1 is 0.896 bits per heavy atom. The highest BCUT2D eigenvalue weighted by Crippen LogP contribution is 2.39. The average molecular weight is 676 g/mol. The van der Waals surface area contributed by atoms with E-state index in [1.165, 1.54) is 0 Å². The Bertz CT molecular complexity index is 1430. The molecule has 3 saturated heterocycles. The zero-order chi connectivity index (χ0) is 34.6. The van der Waals surface area contributed by atoms with Crippen LogP contribution in [-0.2, 0) is 41.7 Å². The summed E-state index contributed by atoms with van der Waals surface area (Å²) in [6, 6.07) is 13.2. The Morgan fingerprint density at radius 2 is 1.52 bits per heavy atom. The van der Waals surface area contributed by atoms with Crippen LogP contribution in [0.1, 0.15) is 87.5 Å². The van der Waals surface area contributed by atoms with Crippen LogP contribution in [0.2, 0.25) is 0 Å². The van der Waals surface area contributed by atoms with Crippen molar-refractivity contribution >= 4 is 17.8 Å². The number of rotatable bonds is 9. The van der Waals surface area contributed by atoms with Gasteiger partial charge in [-0.05, 0) is 69.7 Å². The lowest BCUT2D eigenvalue weighted by Gasteiger charge is -2.38. The third-order valence-electron chi connectivity index (χ3n) is 8.87. The smallest absolute Gasteiger partial charge is 0.459 e. The van der Waals surface area contributed by atoms with Gasteiger partial charge in [-0.3, -0.25) is 19.3 Å². The Labute approximate surface area is 278 Å². The van der Waals surface area contributed by atoms with Crippen LogP contribution >= 0.6 is 0 Å². The van der Waals surface area contributed by atoms with Gasteiger partial charge in [-0.15, -0.1) is 0 Å². The molecule has 3 fully saturated rings. The van der Waals surface area contributed by atoms with E-state index in [-0.39, 0.29) is 50.3 Å². The zero-order valence-electron chi connectivity index (χ0n) is 27.5. The number of ether oxygens (including phenoxy) is 3. The quantitative estimate of drug-likeness (QED) is 0.368. The second-order valence-corrected chi connectivity index (χ2v) is 13.7. The Balaban J connectivity index is 1.26. The molecule has 262 valence electrons. The fraction of sp³-hybridized carbons (Fsp3) is 0.571. The largest absolute Gasteiger partial charge is 0.471 e. The van der Waals surface area contributed by atoms with Gasteiger partial charge in [-0.1, -0.05) is 48.5 Å². The third-order valence-corrected chi connectivity index (χ3v) is 8.87. The molecule has 0 radical (unpaired) electrons. The summed E-state index contributed by atoms with van der Waals surface area (Å²) in [5.41, 5.74) is 2.57. The molecule has 3 heterocycles. The molecule has 5 rings (SSSR count). The summed E-state index contributed by atoms with van der Waals surface area (Å²) in [7, 11) is 0. The van der Waals surface area contributed by atoms with Crippen LogP contribution in [0.3, 0.4) is 0 Å². The first-order valence-corrected chi connectivity index (χ1v) is 16.4. The molecule has 48 heavy (non-hydrogen) atoms. The van der Waals surface area contributed by atoms with Crippen LogP contribution in [0.15, 0.2) is 48.5 Å². The molecule has 2 amide bonds. The second kappa shape index (κ2) is 14.9. The number of halogens is 3. The topological polar surface area (TPSA) is 118 Å². The summed E-state index contributed by atoms with van der Waals surface area (Å²) < 4.78 is 57.6. The highest BCUT2D eigenvalue weighted by atomic mass is 19.4. The lowest BCUT2D eigenvalue weighted by molar-refractivity contribution is -0.253. The first-order valence-electron chi connectivity index (χ1n) is 16.4.